The fourth-order valence-electron chi connectivity index (χ4n) is 4.00. The van der Waals surface area contributed by atoms with Crippen LogP contribution in [-0.4, -0.2) is 38.2 Å². The molecule has 7 nitrogen and oxygen atoms in total. The zero-order valence-corrected chi connectivity index (χ0v) is 21.6. The van der Waals surface area contributed by atoms with Crippen molar-refractivity contribution in [3.8, 4) is 0 Å². The minimum absolute atomic E-state index is 0.0999. The molecule has 1 aliphatic heterocycles. The molecule has 0 radical (unpaired) electrons. The van der Waals surface area contributed by atoms with Crippen LogP contribution in [0.3, 0.4) is 0 Å². The molecule has 1 aliphatic rings. The molecule has 3 aromatic rings. The lowest BCUT2D eigenvalue weighted by Crippen LogP contribution is -2.40. The molecule has 188 valence electrons. The maximum absolute atomic E-state index is 13.4. The highest BCUT2D eigenvalue weighted by Gasteiger charge is 2.27. The number of nitrogens with one attached hydrogen (secondary N) is 1. The highest BCUT2D eigenvalue weighted by atomic mass is 35.5. The number of benzene rings is 3. The van der Waals surface area contributed by atoms with E-state index in [-0.39, 0.29) is 23.9 Å². The third kappa shape index (κ3) is 6.25. The average molecular weight is 526 g/mol. The van der Waals surface area contributed by atoms with Crippen LogP contribution in [0.25, 0.3) is 0 Å². The van der Waals surface area contributed by atoms with Crippen molar-refractivity contribution in [3.05, 3.63) is 94.5 Å². The number of carbonyl (C=O) groups excluding carboxylic acids is 2. The van der Waals surface area contributed by atoms with Crippen molar-refractivity contribution in [2.24, 2.45) is 0 Å². The van der Waals surface area contributed by atoms with E-state index in [4.69, 9.17) is 11.6 Å². The molecular weight excluding hydrogens is 498 g/mol. The molecule has 1 fully saturated rings. The number of rotatable bonds is 9. The Hall–Kier alpha value is -3.36. The number of amides is 2. The molecule has 1 heterocycles. The van der Waals surface area contributed by atoms with Crippen LogP contribution in [0.1, 0.15) is 29.5 Å². The van der Waals surface area contributed by atoms with E-state index in [1.54, 1.807) is 36.4 Å². The van der Waals surface area contributed by atoms with Gasteiger partial charge in [-0.05, 0) is 60.9 Å². The first-order valence-corrected chi connectivity index (χ1v) is 13.5. The number of halogens is 1. The normalized spacial score (nSPS) is 13.6. The van der Waals surface area contributed by atoms with E-state index in [9.17, 15) is 18.0 Å². The van der Waals surface area contributed by atoms with Gasteiger partial charge in [-0.1, -0.05) is 53.6 Å². The van der Waals surface area contributed by atoms with Crippen LogP contribution in [0.15, 0.2) is 77.7 Å². The first-order chi connectivity index (χ1) is 17.2. The van der Waals surface area contributed by atoms with Gasteiger partial charge in [-0.25, -0.2) is 8.42 Å². The molecule has 0 atom stereocenters. The third-order valence-corrected chi connectivity index (χ3v) is 8.11. The molecule has 4 rings (SSSR count). The van der Waals surface area contributed by atoms with Crippen molar-refractivity contribution in [1.82, 2.24) is 10.2 Å². The Kier molecular flexibility index (Phi) is 7.96. The number of hydrogen-bond donors (Lipinski definition) is 1. The Morgan fingerprint density at radius 2 is 1.61 bits per heavy atom. The van der Waals surface area contributed by atoms with E-state index in [0.29, 0.717) is 23.7 Å². The van der Waals surface area contributed by atoms with E-state index in [2.05, 4.69) is 5.32 Å². The lowest BCUT2D eigenvalue weighted by Gasteiger charge is -2.24. The lowest BCUT2D eigenvalue weighted by molar-refractivity contribution is -0.128. The Bertz CT molecular complexity index is 1320. The van der Waals surface area contributed by atoms with Gasteiger partial charge in [-0.15, -0.1) is 0 Å². The molecular formula is C27H28ClN3O4S. The number of aryl methyl sites for hydroxylation is 1. The summed E-state index contributed by atoms with van der Waals surface area (Å²) in [4.78, 5) is 26.6. The standard InChI is InChI=1S/C27H28ClN3O4S/c1-20-4-14-25(15-5-20)36(34,35)31(24-12-10-23(28)11-13-24)19-26(32)29-17-21-6-8-22(9-7-21)18-30-16-2-3-27(30)33/h4-15H,2-3,16-19H2,1H3,(H,29,32). The number of anilines is 1. The number of carbonyl (C=O) groups is 2. The fraction of sp³-hybridized carbons (Fsp3) is 0.259. The minimum atomic E-state index is -3.99. The summed E-state index contributed by atoms with van der Waals surface area (Å²) in [5.41, 5.74) is 3.18. The number of nitrogens with zero attached hydrogens (tertiary/aromatic N) is 2. The molecule has 2 amide bonds. The lowest BCUT2D eigenvalue weighted by atomic mass is 10.1. The largest absolute Gasteiger partial charge is 0.350 e. The molecule has 0 aliphatic carbocycles. The second-order valence-electron chi connectivity index (χ2n) is 8.81. The maximum Gasteiger partial charge on any atom is 0.264 e. The van der Waals surface area contributed by atoms with Gasteiger partial charge < -0.3 is 10.2 Å². The quantitative estimate of drug-likeness (QED) is 0.451. The number of likely N-dealkylation sites (tertiary alicyclic amines) is 1. The Morgan fingerprint density at radius 3 is 2.22 bits per heavy atom. The van der Waals surface area contributed by atoms with E-state index >= 15 is 0 Å². The SMILES string of the molecule is Cc1ccc(S(=O)(=O)N(CC(=O)NCc2ccc(CN3CCCC3=O)cc2)c2ccc(Cl)cc2)cc1. The predicted octanol–water partition coefficient (Wildman–Crippen LogP) is 4.28. The summed E-state index contributed by atoms with van der Waals surface area (Å²) in [6, 6.07) is 20.5. The molecule has 1 saturated heterocycles. The van der Waals surface area contributed by atoms with E-state index in [1.807, 2.05) is 36.1 Å². The van der Waals surface area contributed by atoms with Crippen LogP contribution in [0, 0.1) is 6.92 Å². The fourth-order valence-corrected chi connectivity index (χ4v) is 5.55. The molecule has 3 aromatic carbocycles. The van der Waals surface area contributed by atoms with Gasteiger partial charge in [0.2, 0.25) is 11.8 Å². The second-order valence-corrected chi connectivity index (χ2v) is 11.1. The summed E-state index contributed by atoms with van der Waals surface area (Å²) < 4.78 is 27.9. The van der Waals surface area contributed by atoms with Gasteiger partial charge in [0.25, 0.3) is 10.0 Å². The predicted molar refractivity (Wildman–Crippen MR) is 140 cm³/mol. The van der Waals surface area contributed by atoms with E-state index < -0.39 is 15.9 Å². The summed E-state index contributed by atoms with van der Waals surface area (Å²) in [6.45, 7) is 3.11. The third-order valence-electron chi connectivity index (χ3n) is 6.07. The topological polar surface area (TPSA) is 86.8 Å². The molecule has 1 N–H and O–H groups in total. The van der Waals surface area contributed by atoms with Crippen LogP contribution in [0.4, 0.5) is 5.69 Å². The smallest absolute Gasteiger partial charge is 0.264 e. The van der Waals surface area contributed by atoms with Crippen LogP contribution in [-0.2, 0) is 32.7 Å². The minimum Gasteiger partial charge on any atom is -0.350 e. The number of sulfonamides is 1. The highest BCUT2D eigenvalue weighted by molar-refractivity contribution is 7.92. The van der Waals surface area contributed by atoms with E-state index in [0.717, 1.165) is 34.0 Å². The van der Waals surface area contributed by atoms with Crippen LogP contribution in [0.2, 0.25) is 5.02 Å². The second kappa shape index (κ2) is 11.1. The van der Waals surface area contributed by atoms with Gasteiger partial charge in [0.05, 0.1) is 10.6 Å². The van der Waals surface area contributed by atoms with Gasteiger partial charge in [-0.2, -0.15) is 0 Å². The summed E-state index contributed by atoms with van der Waals surface area (Å²) in [5.74, 6) is -0.260. The zero-order valence-electron chi connectivity index (χ0n) is 20.0. The zero-order chi connectivity index (χ0) is 25.7. The average Bonchev–Trinajstić information content (AvgIpc) is 3.27. The van der Waals surface area contributed by atoms with Crippen molar-refractivity contribution in [2.75, 3.05) is 17.4 Å². The Labute approximate surface area is 216 Å². The van der Waals surface area contributed by atoms with Crippen LogP contribution in [0.5, 0.6) is 0 Å². The monoisotopic (exact) mass is 525 g/mol. The van der Waals surface area contributed by atoms with Crippen LogP contribution < -0.4 is 9.62 Å². The van der Waals surface area contributed by atoms with Crippen molar-refractivity contribution >= 4 is 39.1 Å². The molecule has 0 aromatic heterocycles. The molecule has 0 bridgehead atoms. The first-order valence-electron chi connectivity index (χ1n) is 11.7. The van der Waals surface area contributed by atoms with Crippen molar-refractivity contribution in [3.63, 3.8) is 0 Å². The van der Waals surface area contributed by atoms with Gasteiger partial charge >= 0.3 is 0 Å². The first kappa shape index (κ1) is 25.7. The van der Waals surface area contributed by atoms with Crippen molar-refractivity contribution < 1.29 is 18.0 Å². The van der Waals surface area contributed by atoms with Gasteiger partial charge in [0.15, 0.2) is 0 Å². The highest BCUT2D eigenvalue weighted by Crippen LogP contribution is 2.25. The van der Waals surface area contributed by atoms with Gasteiger partial charge in [0.1, 0.15) is 6.54 Å². The molecule has 0 spiro atoms. The number of hydrogen-bond acceptors (Lipinski definition) is 4. The summed E-state index contributed by atoms with van der Waals surface area (Å²) in [5, 5.41) is 3.27. The molecule has 0 saturated carbocycles. The summed E-state index contributed by atoms with van der Waals surface area (Å²) in [6.07, 6.45) is 1.51. The van der Waals surface area contributed by atoms with Gasteiger partial charge in [0, 0.05) is 31.1 Å². The Balaban J connectivity index is 1.44. The molecule has 9 heteroatoms. The molecule has 0 unspecified atom stereocenters. The molecule has 36 heavy (non-hydrogen) atoms. The summed E-state index contributed by atoms with van der Waals surface area (Å²) >= 11 is 5.99. The van der Waals surface area contributed by atoms with Crippen molar-refractivity contribution in [1.29, 1.82) is 0 Å². The van der Waals surface area contributed by atoms with Crippen molar-refractivity contribution in [2.45, 2.75) is 37.8 Å². The van der Waals surface area contributed by atoms with Crippen LogP contribution >= 0.6 is 11.6 Å². The summed E-state index contributed by atoms with van der Waals surface area (Å²) in [7, 11) is -3.99. The van der Waals surface area contributed by atoms with Gasteiger partial charge in [-0.3, -0.25) is 13.9 Å². The Morgan fingerprint density at radius 1 is 0.972 bits per heavy atom. The maximum atomic E-state index is 13.4. The van der Waals surface area contributed by atoms with E-state index in [1.165, 1.54) is 12.1 Å².